The van der Waals surface area contributed by atoms with Gasteiger partial charge in [-0.2, -0.15) is 15.5 Å². The lowest BCUT2D eigenvalue weighted by atomic mass is 9.91. The first-order valence-electron chi connectivity index (χ1n) is 10.9. The molecular weight excluding hydrogens is 462 g/mol. The highest BCUT2D eigenvalue weighted by Gasteiger charge is 2.26. The van der Waals surface area contributed by atoms with Crippen LogP contribution in [0, 0.1) is 21.4 Å². The van der Waals surface area contributed by atoms with Crippen LogP contribution in [0.3, 0.4) is 0 Å². The third-order valence-corrected chi connectivity index (χ3v) is 5.59. The van der Waals surface area contributed by atoms with Crippen molar-refractivity contribution >= 4 is 33.7 Å². The summed E-state index contributed by atoms with van der Waals surface area (Å²) < 4.78 is 3.00. The van der Waals surface area contributed by atoms with Gasteiger partial charge in [-0.1, -0.05) is 32.9 Å². The minimum absolute atomic E-state index is 0.0769. The summed E-state index contributed by atoms with van der Waals surface area (Å²) in [6, 6.07) is 14.8. The van der Waals surface area contributed by atoms with Crippen LogP contribution < -0.4 is 5.56 Å². The molecule has 0 unspecified atom stereocenters. The molecular formula is C24H19N9O3. The topological polar surface area (TPSA) is 160 Å². The molecule has 0 fully saturated rings. The number of aromatic nitrogens is 5. The van der Waals surface area contributed by atoms with E-state index in [0.717, 1.165) is 0 Å². The highest BCUT2D eigenvalue weighted by molar-refractivity contribution is 5.83. The van der Waals surface area contributed by atoms with E-state index in [1.165, 1.54) is 35.1 Å². The van der Waals surface area contributed by atoms with Crippen molar-refractivity contribution in [1.82, 2.24) is 24.4 Å². The number of para-hydroxylation sites is 1. The predicted molar refractivity (Wildman–Crippen MR) is 131 cm³/mol. The second-order valence-corrected chi connectivity index (χ2v) is 9.06. The van der Waals surface area contributed by atoms with E-state index in [2.05, 4.69) is 20.3 Å². The number of hydrogen-bond donors (Lipinski definition) is 1. The Morgan fingerprint density at radius 2 is 1.83 bits per heavy atom. The summed E-state index contributed by atoms with van der Waals surface area (Å²) in [4.78, 5) is 26.1. The molecule has 1 N–H and O–H groups in total. The average Bonchev–Trinajstić information content (AvgIpc) is 3.44. The van der Waals surface area contributed by atoms with Crippen LogP contribution in [0.1, 0.15) is 32.0 Å². The zero-order valence-electron chi connectivity index (χ0n) is 19.5. The quantitative estimate of drug-likeness (QED) is 0.219. The van der Waals surface area contributed by atoms with E-state index in [-0.39, 0.29) is 22.6 Å². The lowest BCUT2D eigenvalue weighted by molar-refractivity contribution is -0.384. The van der Waals surface area contributed by atoms with E-state index in [1.54, 1.807) is 22.7 Å². The maximum atomic E-state index is 12.8. The number of azo groups is 1. The summed E-state index contributed by atoms with van der Waals surface area (Å²) in [5.41, 5.74) is 1.74. The molecule has 36 heavy (non-hydrogen) atoms. The van der Waals surface area contributed by atoms with Crippen molar-refractivity contribution in [3.05, 3.63) is 86.5 Å². The molecule has 3 aromatic heterocycles. The van der Waals surface area contributed by atoms with Gasteiger partial charge in [0.15, 0.2) is 17.2 Å². The molecule has 0 atom stereocenters. The van der Waals surface area contributed by atoms with Crippen molar-refractivity contribution in [2.75, 3.05) is 0 Å². The smallest absolute Gasteiger partial charge is 0.269 e. The minimum Gasteiger partial charge on any atom is -0.304 e. The van der Waals surface area contributed by atoms with Gasteiger partial charge in [0, 0.05) is 17.5 Å². The molecule has 0 saturated carbocycles. The largest absolute Gasteiger partial charge is 0.304 e. The molecule has 0 aliphatic carbocycles. The molecule has 0 aliphatic rings. The first-order valence-corrected chi connectivity index (χ1v) is 10.9. The van der Waals surface area contributed by atoms with E-state index in [0.29, 0.717) is 33.6 Å². The van der Waals surface area contributed by atoms with Crippen LogP contribution >= 0.6 is 0 Å². The Morgan fingerprint density at radius 3 is 2.50 bits per heavy atom. The average molecular weight is 481 g/mol. The highest BCUT2D eigenvalue weighted by Crippen LogP contribution is 2.36. The Morgan fingerprint density at radius 1 is 1.11 bits per heavy atom. The van der Waals surface area contributed by atoms with Gasteiger partial charge in [0.25, 0.3) is 11.2 Å². The number of hydrogen-bond acceptors (Lipinski definition) is 8. The molecule has 5 aromatic rings. The monoisotopic (exact) mass is 481 g/mol. The van der Waals surface area contributed by atoms with Crippen LogP contribution in [0.25, 0.3) is 22.2 Å². The summed E-state index contributed by atoms with van der Waals surface area (Å²) in [6.45, 7) is 5.90. The molecule has 0 amide bonds. The van der Waals surface area contributed by atoms with Gasteiger partial charge in [0.05, 0.1) is 33.4 Å². The Labute approximate surface area is 203 Å². The number of aromatic amines is 1. The minimum atomic E-state index is -0.502. The van der Waals surface area contributed by atoms with Gasteiger partial charge < -0.3 is 4.98 Å². The fraction of sp³-hybridized carbons (Fsp3) is 0.167. The maximum absolute atomic E-state index is 12.8. The lowest BCUT2D eigenvalue weighted by Gasteiger charge is -2.15. The second kappa shape index (κ2) is 8.24. The summed E-state index contributed by atoms with van der Waals surface area (Å²) >= 11 is 0. The molecule has 0 spiro atoms. The van der Waals surface area contributed by atoms with Crippen LogP contribution in [-0.2, 0) is 5.41 Å². The van der Waals surface area contributed by atoms with Gasteiger partial charge in [-0.25, -0.2) is 9.20 Å². The van der Waals surface area contributed by atoms with Crippen LogP contribution in [0.5, 0.6) is 0 Å². The molecule has 12 heteroatoms. The van der Waals surface area contributed by atoms with Crippen molar-refractivity contribution < 1.29 is 4.92 Å². The van der Waals surface area contributed by atoms with Crippen LogP contribution in [-0.4, -0.2) is 29.3 Å². The fourth-order valence-corrected chi connectivity index (χ4v) is 3.84. The van der Waals surface area contributed by atoms with Gasteiger partial charge in [-0.3, -0.25) is 14.9 Å². The fourth-order valence-electron chi connectivity index (χ4n) is 3.84. The number of benzene rings is 2. The second-order valence-electron chi connectivity index (χ2n) is 9.06. The maximum Gasteiger partial charge on any atom is 0.269 e. The van der Waals surface area contributed by atoms with Crippen LogP contribution in [0.15, 0.2) is 69.8 Å². The Hall–Kier alpha value is -5.18. The first-order chi connectivity index (χ1) is 17.2. The van der Waals surface area contributed by atoms with E-state index in [9.17, 15) is 20.2 Å². The molecule has 0 bridgehead atoms. The molecule has 5 rings (SSSR count). The molecule has 0 aliphatic heterocycles. The summed E-state index contributed by atoms with van der Waals surface area (Å²) in [5.74, 6) is 0.133. The van der Waals surface area contributed by atoms with Crippen molar-refractivity contribution in [1.29, 1.82) is 5.26 Å². The number of nitriles is 1. The van der Waals surface area contributed by atoms with Gasteiger partial charge in [0.1, 0.15) is 11.6 Å². The number of nitrogens with zero attached hydrogens (tertiary/aromatic N) is 8. The predicted octanol–water partition coefficient (Wildman–Crippen LogP) is 4.85. The van der Waals surface area contributed by atoms with Gasteiger partial charge >= 0.3 is 0 Å². The highest BCUT2D eigenvalue weighted by atomic mass is 16.6. The van der Waals surface area contributed by atoms with Crippen LogP contribution in [0.4, 0.5) is 17.2 Å². The Bertz CT molecular complexity index is 1780. The molecule has 3 heterocycles. The number of nitro groups is 1. The SMILES string of the molecule is CC(C)(C)c1nn2c([nH]c(=O)c3ccccc32)c1/N=N/c1c(C#N)cnn1-c1ccc([N+](=O)[O-])cc1. The summed E-state index contributed by atoms with van der Waals surface area (Å²) in [6.07, 6.45) is 1.34. The number of non-ortho nitro benzene ring substituents is 1. The Kier molecular flexibility index (Phi) is 5.17. The summed E-state index contributed by atoms with van der Waals surface area (Å²) in [5, 5.41) is 38.8. The third-order valence-electron chi connectivity index (χ3n) is 5.59. The standard InChI is InChI=1S/C24H19N9O3/c1-24(2,3)20-19(22-27-23(34)17-6-4-5-7-18(17)32(22)30-20)28-29-21-14(12-25)13-26-31(21)15-8-10-16(11-9-15)33(35)36/h4-11,13H,1-3H3,(H,27,34)/b29-28+. The van der Waals surface area contributed by atoms with Crippen molar-refractivity contribution in [3.63, 3.8) is 0 Å². The van der Waals surface area contributed by atoms with Gasteiger partial charge in [-0.15, -0.1) is 10.2 Å². The van der Waals surface area contributed by atoms with E-state index in [1.807, 2.05) is 32.9 Å². The number of rotatable bonds is 4. The number of nitrogens with one attached hydrogen (secondary N) is 1. The van der Waals surface area contributed by atoms with Gasteiger partial charge in [-0.05, 0) is 24.3 Å². The normalized spacial score (nSPS) is 11.9. The van der Waals surface area contributed by atoms with E-state index < -0.39 is 10.3 Å². The van der Waals surface area contributed by atoms with Gasteiger partial charge in [0.2, 0.25) is 0 Å². The first kappa shape index (κ1) is 22.6. The van der Waals surface area contributed by atoms with Crippen molar-refractivity contribution in [2.24, 2.45) is 10.2 Å². The molecule has 0 saturated heterocycles. The number of H-pyrrole nitrogens is 1. The molecule has 12 nitrogen and oxygen atoms in total. The lowest BCUT2D eigenvalue weighted by Crippen LogP contribution is -2.12. The number of fused-ring (bicyclic) bond motifs is 3. The van der Waals surface area contributed by atoms with E-state index in [4.69, 9.17) is 5.10 Å². The van der Waals surface area contributed by atoms with E-state index >= 15 is 0 Å². The van der Waals surface area contributed by atoms with Crippen LogP contribution in [0.2, 0.25) is 0 Å². The molecule has 2 aromatic carbocycles. The molecule has 0 radical (unpaired) electrons. The Balaban J connectivity index is 1.71. The zero-order valence-corrected chi connectivity index (χ0v) is 19.5. The van der Waals surface area contributed by atoms with Crippen molar-refractivity contribution in [3.8, 4) is 11.8 Å². The molecule has 178 valence electrons. The number of nitro benzene ring substituents is 1. The summed E-state index contributed by atoms with van der Waals surface area (Å²) in [7, 11) is 0. The third kappa shape index (κ3) is 3.68. The zero-order chi connectivity index (χ0) is 25.6. The van der Waals surface area contributed by atoms with Crippen molar-refractivity contribution in [2.45, 2.75) is 26.2 Å².